The number of hydrogen-bond acceptors (Lipinski definition) is 5. The summed E-state index contributed by atoms with van der Waals surface area (Å²) in [5.41, 5.74) is 0.605. The Kier molecular flexibility index (Phi) is 10.2. The Hall–Kier alpha value is -3.99. The summed E-state index contributed by atoms with van der Waals surface area (Å²) in [6.07, 6.45) is 4.89. The number of nitrogens with zero attached hydrogens (tertiary/aromatic N) is 1. The van der Waals surface area contributed by atoms with E-state index in [9.17, 15) is 19.5 Å². The lowest BCUT2D eigenvalue weighted by molar-refractivity contribution is -0.145. The average molecular weight is 536 g/mol. The normalized spacial score (nSPS) is 13.1. The number of carbonyl (C=O) groups excluding carboxylic acids is 3. The molecule has 0 aliphatic heterocycles. The summed E-state index contributed by atoms with van der Waals surface area (Å²) in [6.45, 7) is 14.4. The third kappa shape index (κ3) is 9.68. The number of ether oxygens (including phenoxy) is 1. The number of phenols is 1. The first kappa shape index (κ1) is 31.2. The molecule has 0 spiro atoms. The van der Waals surface area contributed by atoms with Crippen LogP contribution in [0.3, 0.4) is 0 Å². The lowest BCUT2D eigenvalue weighted by Crippen LogP contribution is -2.57. The molecule has 0 saturated carbocycles. The Morgan fingerprint density at radius 1 is 0.974 bits per heavy atom. The predicted octanol–water partition coefficient (Wildman–Crippen LogP) is 4.70. The maximum absolute atomic E-state index is 14.3. The first-order valence-electron chi connectivity index (χ1n) is 13.0. The van der Waals surface area contributed by atoms with Gasteiger partial charge in [0.2, 0.25) is 11.8 Å². The van der Waals surface area contributed by atoms with Crippen LogP contribution in [0.5, 0.6) is 5.75 Å². The Labute approximate surface area is 232 Å². The van der Waals surface area contributed by atoms with E-state index >= 15 is 0 Å². The third-order valence-corrected chi connectivity index (χ3v) is 5.59. The molecule has 3 amide bonds. The standard InChI is InChI=1S/C31H41N3O5/c1-10-21-11-15-23(16-12-21)26(27(36)33-30(4,5)6)34(20(2)3)28(37)25(32-29(38)39-31(7,8)9)19-22-13-17-24(35)18-14-22/h1,11-18,20,25-26,35H,19H2,2-9H3,(H,32,38)(H,33,36). The van der Waals surface area contributed by atoms with Gasteiger partial charge in [-0.1, -0.05) is 30.2 Å². The lowest BCUT2D eigenvalue weighted by atomic mass is 9.97. The van der Waals surface area contributed by atoms with Crippen LogP contribution in [0.4, 0.5) is 4.79 Å². The topological polar surface area (TPSA) is 108 Å². The number of nitrogens with one attached hydrogen (secondary N) is 2. The summed E-state index contributed by atoms with van der Waals surface area (Å²) < 4.78 is 5.44. The highest BCUT2D eigenvalue weighted by molar-refractivity contribution is 5.92. The number of carbonyl (C=O) groups is 3. The fourth-order valence-electron chi connectivity index (χ4n) is 4.02. The second kappa shape index (κ2) is 12.7. The van der Waals surface area contributed by atoms with Crippen LogP contribution in [0.2, 0.25) is 0 Å². The van der Waals surface area contributed by atoms with Gasteiger partial charge in [0, 0.05) is 23.6 Å². The molecule has 2 atom stereocenters. The SMILES string of the molecule is C#Cc1ccc(C(C(=O)NC(C)(C)C)N(C(=O)C(Cc2ccc(O)cc2)NC(=O)OC(C)(C)C)C(C)C)cc1. The molecule has 3 N–H and O–H groups in total. The first-order chi connectivity index (χ1) is 18.0. The fraction of sp³-hybridized carbons (Fsp3) is 0.452. The third-order valence-electron chi connectivity index (χ3n) is 5.59. The summed E-state index contributed by atoms with van der Waals surface area (Å²) >= 11 is 0. The van der Waals surface area contributed by atoms with Gasteiger partial charge in [0.15, 0.2) is 0 Å². The van der Waals surface area contributed by atoms with E-state index in [1.54, 1.807) is 57.2 Å². The minimum absolute atomic E-state index is 0.0832. The average Bonchev–Trinajstić information content (AvgIpc) is 2.80. The first-order valence-corrected chi connectivity index (χ1v) is 13.0. The smallest absolute Gasteiger partial charge is 0.408 e. The van der Waals surface area contributed by atoms with Crippen LogP contribution in [0.25, 0.3) is 0 Å². The zero-order valence-corrected chi connectivity index (χ0v) is 24.2. The minimum Gasteiger partial charge on any atom is -0.508 e. The van der Waals surface area contributed by atoms with Gasteiger partial charge in [0.1, 0.15) is 23.4 Å². The number of terminal acetylenes is 1. The van der Waals surface area contributed by atoms with Gasteiger partial charge in [0.25, 0.3) is 0 Å². The molecule has 8 nitrogen and oxygen atoms in total. The van der Waals surface area contributed by atoms with Crippen molar-refractivity contribution >= 4 is 17.9 Å². The van der Waals surface area contributed by atoms with Crippen LogP contribution in [0.1, 0.15) is 78.1 Å². The van der Waals surface area contributed by atoms with E-state index in [0.717, 1.165) is 0 Å². The maximum atomic E-state index is 14.3. The number of alkyl carbamates (subject to hydrolysis) is 1. The molecular weight excluding hydrogens is 494 g/mol. The summed E-state index contributed by atoms with van der Waals surface area (Å²) in [7, 11) is 0. The van der Waals surface area contributed by atoms with E-state index in [1.165, 1.54) is 17.0 Å². The largest absolute Gasteiger partial charge is 0.508 e. The molecule has 39 heavy (non-hydrogen) atoms. The number of rotatable bonds is 8. The zero-order chi connectivity index (χ0) is 29.5. The molecular formula is C31H41N3O5. The van der Waals surface area contributed by atoms with Gasteiger partial charge < -0.3 is 25.4 Å². The van der Waals surface area contributed by atoms with Crippen molar-refractivity contribution in [2.45, 2.75) is 91.1 Å². The Morgan fingerprint density at radius 3 is 2.00 bits per heavy atom. The van der Waals surface area contributed by atoms with Gasteiger partial charge in [-0.25, -0.2) is 4.79 Å². The van der Waals surface area contributed by atoms with Crippen molar-refractivity contribution < 1.29 is 24.2 Å². The van der Waals surface area contributed by atoms with Crippen molar-refractivity contribution in [2.75, 3.05) is 0 Å². The highest BCUT2D eigenvalue weighted by Crippen LogP contribution is 2.27. The summed E-state index contributed by atoms with van der Waals surface area (Å²) in [6, 6.07) is 10.8. The van der Waals surface area contributed by atoms with E-state index in [4.69, 9.17) is 11.2 Å². The van der Waals surface area contributed by atoms with Gasteiger partial charge >= 0.3 is 6.09 Å². The predicted molar refractivity (Wildman–Crippen MR) is 152 cm³/mol. The number of benzene rings is 2. The van der Waals surface area contributed by atoms with Crippen molar-refractivity contribution in [2.24, 2.45) is 0 Å². The second-order valence-electron chi connectivity index (χ2n) is 11.8. The molecule has 2 unspecified atom stereocenters. The quantitative estimate of drug-likeness (QED) is 0.425. The lowest BCUT2D eigenvalue weighted by Gasteiger charge is -2.38. The summed E-state index contributed by atoms with van der Waals surface area (Å²) in [5.74, 6) is 1.83. The molecule has 0 aliphatic carbocycles. The van der Waals surface area contributed by atoms with Crippen LogP contribution < -0.4 is 10.6 Å². The van der Waals surface area contributed by atoms with E-state index in [0.29, 0.717) is 16.7 Å². The summed E-state index contributed by atoms with van der Waals surface area (Å²) in [5, 5.41) is 15.4. The van der Waals surface area contributed by atoms with Crippen LogP contribution in [-0.2, 0) is 20.7 Å². The second-order valence-corrected chi connectivity index (χ2v) is 11.8. The van der Waals surface area contributed by atoms with Gasteiger partial charge in [-0.2, -0.15) is 0 Å². The number of aromatic hydroxyl groups is 1. The molecule has 2 aromatic rings. The van der Waals surface area contributed by atoms with E-state index in [-0.39, 0.29) is 18.1 Å². The Morgan fingerprint density at radius 2 is 1.54 bits per heavy atom. The maximum Gasteiger partial charge on any atom is 0.408 e. The molecule has 0 bridgehead atoms. The van der Waals surface area contributed by atoms with Crippen LogP contribution in [-0.4, -0.2) is 51.1 Å². The molecule has 8 heteroatoms. The molecule has 2 aromatic carbocycles. The van der Waals surface area contributed by atoms with E-state index < -0.39 is 41.3 Å². The van der Waals surface area contributed by atoms with Gasteiger partial charge in [0.05, 0.1) is 0 Å². The number of amides is 3. The van der Waals surface area contributed by atoms with Gasteiger partial charge in [-0.05, 0) is 90.8 Å². The van der Waals surface area contributed by atoms with Crippen molar-refractivity contribution in [3.63, 3.8) is 0 Å². The molecule has 0 fully saturated rings. The summed E-state index contributed by atoms with van der Waals surface area (Å²) in [4.78, 5) is 42.2. The highest BCUT2D eigenvalue weighted by Gasteiger charge is 2.38. The van der Waals surface area contributed by atoms with Crippen molar-refractivity contribution in [1.29, 1.82) is 0 Å². The van der Waals surface area contributed by atoms with Crippen molar-refractivity contribution in [3.05, 3.63) is 65.2 Å². The van der Waals surface area contributed by atoms with Gasteiger partial charge in [-0.15, -0.1) is 6.42 Å². The molecule has 0 saturated heterocycles. The molecule has 210 valence electrons. The van der Waals surface area contributed by atoms with Crippen molar-refractivity contribution in [1.82, 2.24) is 15.5 Å². The monoisotopic (exact) mass is 535 g/mol. The van der Waals surface area contributed by atoms with Gasteiger partial charge in [-0.3, -0.25) is 9.59 Å². The van der Waals surface area contributed by atoms with E-state index in [2.05, 4.69) is 16.6 Å². The fourth-order valence-corrected chi connectivity index (χ4v) is 4.02. The molecule has 0 aliphatic rings. The van der Waals surface area contributed by atoms with Crippen LogP contribution in [0, 0.1) is 12.3 Å². The van der Waals surface area contributed by atoms with Crippen molar-refractivity contribution in [3.8, 4) is 18.1 Å². The molecule has 0 aromatic heterocycles. The van der Waals surface area contributed by atoms with E-state index in [1.807, 2.05) is 34.6 Å². The zero-order valence-electron chi connectivity index (χ0n) is 24.2. The Bertz CT molecular complexity index is 1180. The number of phenolic OH excluding ortho intramolecular Hbond substituents is 1. The molecule has 0 radical (unpaired) electrons. The molecule has 2 rings (SSSR count). The highest BCUT2D eigenvalue weighted by atomic mass is 16.6. The van der Waals surface area contributed by atoms with Crippen LogP contribution >= 0.6 is 0 Å². The number of hydrogen-bond donors (Lipinski definition) is 3. The van der Waals surface area contributed by atoms with Crippen LogP contribution in [0.15, 0.2) is 48.5 Å². The Balaban J connectivity index is 2.58. The minimum atomic E-state index is -1.05. The molecule has 0 heterocycles.